The Hall–Kier alpha value is -2.08. The minimum absolute atomic E-state index is 0.207. The Morgan fingerprint density at radius 1 is 1.32 bits per heavy atom. The summed E-state index contributed by atoms with van der Waals surface area (Å²) in [6.45, 7) is 0.707. The molecule has 1 aromatic carbocycles. The second-order valence-corrected chi connectivity index (χ2v) is 4.39. The Labute approximate surface area is 114 Å². The number of rotatable bonds is 5. The van der Waals surface area contributed by atoms with E-state index < -0.39 is 30.9 Å². The molecule has 0 fully saturated rings. The number of nitrogens with zero attached hydrogens (tertiary/aromatic N) is 1. The zero-order chi connectivity index (χ0) is 14.6. The van der Waals surface area contributed by atoms with E-state index in [-0.39, 0.29) is 5.56 Å². The Morgan fingerprint density at radius 2 is 1.95 bits per heavy atom. The third-order valence-corrected chi connectivity index (χ3v) is 2.79. The number of carboxylic acids is 1. The zero-order valence-corrected chi connectivity index (χ0v) is 11.0. The summed E-state index contributed by atoms with van der Waals surface area (Å²) in [5.41, 5.74) is 5.98. The molecule has 0 aromatic heterocycles. The van der Waals surface area contributed by atoms with Crippen molar-refractivity contribution in [1.82, 2.24) is 4.90 Å². The van der Waals surface area contributed by atoms with Gasteiger partial charge in [-0.25, -0.2) is 0 Å². The van der Waals surface area contributed by atoms with Crippen molar-refractivity contribution < 1.29 is 19.5 Å². The van der Waals surface area contributed by atoms with E-state index >= 15 is 0 Å². The van der Waals surface area contributed by atoms with Crippen LogP contribution in [0.25, 0.3) is 0 Å². The summed E-state index contributed by atoms with van der Waals surface area (Å²) in [5.74, 6) is -2.62. The molecule has 0 heterocycles. The monoisotopic (exact) mass is 284 g/mol. The van der Waals surface area contributed by atoms with E-state index in [1.54, 1.807) is 13.0 Å². The molecule has 6 nitrogen and oxygen atoms in total. The number of aryl methyl sites for hydroxylation is 1. The van der Waals surface area contributed by atoms with Crippen molar-refractivity contribution in [2.45, 2.75) is 6.92 Å². The first-order valence-corrected chi connectivity index (χ1v) is 5.74. The number of hydrogen-bond acceptors (Lipinski definition) is 3. The molecule has 102 valence electrons. The maximum atomic E-state index is 12.1. The van der Waals surface area contributed by atoms with Gasteiger partial charge in [-0.1, -0.05) is 17.7 Å². The molecule has 7 heteroatoms. The molecule has 0 atom stereocenters. The zero-order valence-electron chi connectivity index (χ0n) is 10.2. The van der Waals surface area contributed by atoms with Crippen molar-refractivity contribution in [3.8, 4) is 0 Å². The Bertz CT molecular complexity index is 514. The van der Waals surface area contributed by atoms with Gasteiger partial charge >= 0.3 is 5.97 Å². The predicted octanol–water partition coefficient (Wildman–Crippen LogP) is 0.661. The highest BCUT2D eigenvalue weighted by molar-refractivity contribution is 6.31. The van der Waals surface area contributed by atoms with Gasteiger partial charge in [-0.2, -0.15) is 0 Å². The fourth-order valence-electron chi connectivity index (χ4n) is 1.46. The average Bonchev–Trinajstić information content (AvgIpc) is 2.29. The number of amides is 2. The van der Waals surface area contributed by atoms with E-state index in [1.807, 2.05) is 0 Å². The van der Waals surface area contributed by atoms with E-state index in [2.05, 4.69) is 0 Å². The molecule has 0 spiro atoms. The molecular formula is C12H13ClN2O4. The molecule has 0 aliphatic carbocycles. The lowest BCUT2D eigenvalue weighted by Gasteiger charge is -2.19. The van der Waals surface area contributed by atoms with E-state index in [1.165, 1.54) is 12.1 Å². The summed E-state index contributed by atoms with van der Waals surface area (Å²) in [6.07, 6.45) is 0. The summed E-state index contributed by atoms with van der Waals surface area (Å²) in [4.78, 5) is 34.5. The van der Waals surface area contributed by atoms with Gasteiger partial charge < -0.3 is 15.7 Å². The molecule has 0 saturated carbocycles. The summed E-state index contributed by atoms with van der Waals surface area (Å²) >= 11 is 5.90. The summed E-state index contributed by atoms with van der Waals surface area (Å²) in [5, 5.41) is 9.11. The van der Waals surface area contributed by atoms with Gasteiger partial charge in [0, 0.05) is 10.6 Å². The fourth-order valence-corrected chi connectivity index (χ4v) is 1.64. The molecule has 0 aliphatic rings. The van der Waals surface area contributed by atoms with Crippen LogP contribution in [0.5, 0.6) is 0 Å². The summed E-state index contributed by atoms with van der Waals surface area (Å²) in [7, 11) is 0. The van der Waals surface area contributed by atoms with Crippen LogP contribution in [0.2, 0.25) is 5.02 Å². The SMILES string of the molecule is Cc1ccc(C(=O)N(CC(N)=O)CC(=O)O)cc1Cl. The first-order chi connectivity index (χ1) is 8.81. The number of hydrogen-bond donors (Lipinski definition) is 2. The van der Waals surface area contributed by atoms with E-state index in [4.69, 9.17) is 22.4 Å². The lowest BCUT2D eigenvalue weighted by atomic mass is 10.1. The predicted molar refractivity (Wildman–Crippen MR) is 68.9 cm³/mol. The van der Waals surface area contributed by atoms with Crippen molar-refractivity contribution in [3.63, 3.8) is 0 Å². The molecule has 3 N–H and O–H groups in total. The van der Waals surface area contributed by atoms with Crippen molar-refractivity contribution in [2.24, 2.45) is 5.73 Å². The standard InChI is InChI=1S/C12H13ClN2O4/c1-7-2-3-8(4-9(7)13)12(19)15(5-10(14)16)6-11(17)18/h2-4H,5-6H2,1H3,(H2,14,16)(H,17,18). The maximum Gasteiger partial charge on any atom is 0.323 e. The van der Waals surface area contributed by atoms with E-state index in [0.29, 0.717) is 5.02 Å². The molecule has 0 bridgehead atoms. The number of nitrogens with two attached hydrogens (primary N) is 1. The molecular weight excluding hydrogens is 272 g/mol. The second kappa shape index (κ2) is 6.19. The summed E-state index contributed by atoms with van der Waals surface area (Å²) in [6, 6.07) is 4.58. The number of carbonyl (C=O) groups excluding carboxylic acids is 2. The van der Waals surface area contributed by atoms with Crippen LogP contribution >= 0.6 is 11.6 Å². The highest BCUT2D eigenvalue weighted by atomic mass is 35.5. The van der Waals surface area contributed by atoms with Crippen LogP contribution < -0.4 is 5.73 Å². The quantitative estimate of drug-likeness (QED) is 0.829. The lowest BCUT2D eigenvalue weighted by molar-refractivity contribution is -0.138. The van der Waals surface area contributed by atoms with E-state index in [0.717, 1.165) is 10.5 Å². The van der Waals surface area contributed by atoms with Crippen LogP contribution in [0.1, 0.15) is 15.9 Å². The highest BCUT2D eigenvalue weighted by Crippen LogP contribution is 2.17. The topological polar surface area (TPSA) is 101 Å². The van der Waals surface area contributed by atoms with Crippen molar-refractivity contribution in [1.29, 1.82) is 0 Å². The molecule has 1 aromatic rings. The molecule has 0 unspecified atom stereocenters. The second-order valence-electron chi connectivity index (χ2n) is 3.99. The van der Waals surface area contributed by atoms with Gasteiger partial charge in [0.1, 0.15) is 13.1 Å². The van der Waals surface area contributed by atoms with Gasteiger partial charge in [0.2, 0.25) is 5.91 Å². The average molecular weight is 285 g/mol. The van der Waals surface area contributed by atoms with Crippen LogP contribution in [0.4, 0.5) is 0 Å². The van der Waals surface area contributed by atoms with Gasteiger partial charge in [0.25, 0.3) is 5.91 Å². The Kier molecular flexibility index (Phi) is 4.88. The van der Waals surface area contributed by atoms with Crippen LogP contribution in [-0.4, -0.2) is 40.9 Å². The van der Waals surface area contributed by atoms with Crippen LogP contribution in [0.15, 0.2) is 18.2 Å². The van der Waals surface area contributed by atoms with Crippen LogP contribution in [0, 0.1) is 6.92 Å². The minimum Gasteiger partial charge on any atom is -0.480 e. The van der Waals surface area contributed by atoms with Gasteiger partial charge in [-0.3, -0.25) is 14.4 Å². The lowest BCUT2D eigenvalue weighted by Crippen LogP contribution is -2.41. The minimum atomic E-state index is -1.23. The van der Waals surface area contributed by atoms with Gasteiger partial charge in [-0.05, 0) is 24.6 Å². The third kappa shape index (κ3) is 4.26. The molecule has 2 amide bonds. The number of benzene rings is 1. The number of carboxylic acid groups (broad SMARTS) is 1. The van der Waals surface area contributed by atoms with Crippen molar-refractivity contribution >= 4 is 29.4 Å². The number of halogens is 1. The third-order valence-electron chi connectivity index (χ3n) is 2.38. The van der Waals surface area contributed by atoms with E-state index in [9.17, 15) is 14.4 Å². The number of primary amides is 1. The molecule has 0 aliphatic heterocycles. The maximum absolute atomic E-state index is 12.1. The Balaban J connectivity index is 3.00. The van der Waals surface area contributed by atoms with Crippen molar-refractivity contribution in [3.05, 3.63) is 34.3 Å². The van der Waals surface area contributed by atoms with Crippen molar-refractivity contribution in [2.75, 3.05) is 13.1 Å². The van der Waals surface area contributed by atoms with Crippen LogP contribution in [0.3, 0.4) is 0 Å². The fraction of sp³-hybridized carbons (Fsp3) is 0.250. The van der Waals surface area contributed by atoms with Gasteiger partial charge in [0.05, 0.1) is 0 Å². The molecule has 19 heavy (non-hydrogen) atoms. The first-order valence-electron chi connectivity index (χ1n) is 5.36. The number of carbonyl (C=O) groups is 3. The largest absolute Gasteiger partial charge is 0.480 e. The van der Waals surface area contributed by atoms with Crippen LogP contribution in [-0.2, 0) is 9.59 Å². The normalized spacial score (nSPS) is 10.0. The van der Waals surface area contributed by atoms with Gasteiger partial charge in [-0.15, -0.1) is 0 Å². The smallest absolute Gasteiger partial charge is 0.323 e. The molecule has 1 rings (SSSR count). The molecule has 0 radical (unpaired) electrons. The van der Waals surface area contributed by atoms with Gasteiger partial charge in [0.15, 0.2) is 0 Å². The first kappa shape index (κ1) is 15.0. The molecule has 0 saturated heterocycles. The number of aliphatic carboxylic acids is 1. The summed E-state index contributed by atoms with van der Waals surface area (Å²) < 4.78 is 0. The highest BCUT2D eigenvalue weighted by Gasteiger charge is 2.20. The Morgan fingerprint density at radius 3 is 2.42 bits per heavy atom.